The lowest BCUT2D eigenvalue weighted by Gasteiger charge is -2.01. The van der Waals surface area contributed by atoms with E-state index in [9.17, 15) is 13.2 Å². The van der Waals surface area contributed by atoms with Crippen LogP contribution >= 0.6 is 0 Å². The van der Waals surface area contributed by atoms with E-state index in [0.717, 1.165) is 12.1 Å². The number of hydrogen-bond donors (Lipinski definition) is 2. The first-order valence-electron chi connectivity index (χ1n) is 3.02. The maximum atomic E-state index is 12.7. The molecule has 1 rings (SSSR count). The summed E-state index contributed by atoms with van der Waals surface area (Å²) in [4.78, 5) is 0. The minimum absolute atomic E-state index is 0.436. The SMILES string of the molecule is N=C(N)c1ccc(F)c(F)c1F. The number of benzene rings is 1. The van der Waals surface area contributed by atoms with Gasteiger partial charge in [-0.25, -0.2) is 13.2 Å². The van der Waals surface area contributed by atoms with Crippen LogP contribution in [0, 0.1) is 22.9 Å². The van der Waals surface area contributed by atoms with E-state index in [1.165, 1.54) is 0 Å². The Kier molecular flexibility index (Phi) is 2.03. The summed E-state index contributed by atoms with van der Waals surface area (Å²) in [5.74, 6) is -4.96. The summed E-state index contributed by atoms with van der Waals surface area (Å²) in [5.41, 5.74) is 4.45. The van der Waals surface area contributed by atoms with E-state index in [1.807, 2.05) is 0 Å². The van der Waals surface area contributed by atoms with Gasteiger partial charge in [0.25, 0.3) is 0 Å². The van der Waals surface area contributed by atoms with Crippen LogP contribution in [0.3, 0.4) is 0 Å². The predicted molar refractivity (Wildman–Crippen MR) is 37.3 cm³/mol. The summed E-state index contributed by atoms with van der Waals surface area (Å²) in [5, 5.41) is 6.79. The number of halogens is 3. The highest BCUT2D eigenvalue weighted by molar-refractivity contribution is 5.95. The van der Waals surface area contributed by atoms with Gasteiger partial charge < -0.3 is 5.73 Å². The zero-order valence-electron chi connectivity index (χ0n) is 5.87. The molecule has 5 heteroatoms. The Morgan fingerprint density at radius 3 is 2.25 bits per heavy atom. The highest BCUT2D eigenvalue weighted by atomic mass is 19.2. The molecule has 0 saturated heterocycles. The van der Waals surface area contributed by atoms with Crippen LogP contribution in [-0.2, 0) is 0 Å². The topological polar surface area (TPSA) is 49.9 Å². The van der Waals surface area contributed by atoms with E-state index in [4.69, 9.17) is 11.1 Å². The van der Waals surface area contributed by atoms with Gasteiger partial charge in [0.15, 0.2) is 17.5 Å². The molecule has 0 unspecified atom stereocenters. The molecule has 2 nitrogen and oxygen atoms in total. The van der Waals surface area contributed by atoms with Gasteiger partial charge in [0.1, 0.15) is 5.84 Å². The summed E-state index contributed by atoms with van der Waals surface area (Å²) in [6, 6.07) is 1.63. The number of rotatable bonds is 1. The molecule has 1 aromatic carbocycles. The second-order valence-electron chi connectivity index (χ2n) is 2.14. The first kappa shape index (κ1) is 8.58. The zero-order chi connectivity index (χ0) is 9.30. The fraction of sp³-hybridized carbons (Fsp3) is 0. The quantitative estimate of drug-likeness (QED) is 0.377. The molecule has 0 bridgehead atoms. The standard InChI is InChI=1S/C7H5F3N2/c8-4-2-1-3(7(11)12)5(9)6(4)10/h1-2H,(H3,11,12). The normalized spacial score (nSPS) is 9.92. The Bertz CT molecular complexity index is 336. The zero-order valence-corrected chi connectivity index (χ0v) is 5.87. The van der Waals surface area contributed by atoms with E-state index in [1.54, 1.807) is 0 Å². The molecule has 64 valence electrons. The highest BCUT2D eigenvalue weighted by Crippen LogP contribution is 2.14. The number of amidine groups is 1. The molecular formula is C7H5F3N2. The molecule has 0 saturated carbocycles. The van der Waals surface area contributed by atoms with Crippen LogP contribution in [0.4, 0.5) is 13.2 Å². The van der Waals surface area contributed by atoms with Gasteiger partial charge in [-0.2, -0.15) is 0 Å². The van der Waals surface area contributed by atoms with Crippen molar-refractivity contribution < 1.29 is 13.2 Å². The second-order valence-corrected chi connectivity index (χ2v) is 2.14. The van der Waals surface area contributed by atoms with Gasteiger partial charge in [-0.1, -0.05) is 0 Å². The minimum Gasteiger partial charge on any atom is -0.384 e. The Morgan fingerprint density at radius 1 is 1.17 bits per heavy atom. The maximum absolute atomic E-state index is 12.7. The van der Waals surface area contributed by atoms with Crippen molar-refractivity contribution in [1.29, 1.82) is 5.41 Å². The monoisotopic (exact) mass is 174 g/mol. The number of nitrogens with two attached hydrogens (primary N) is 1. The van der Waals surface area contributed by atoms with Crippen LogP contribution in [0.15, 0.2) is 12.1 Å². The van der Waals surface area contributed by atoms with E-state index in [2.05, 4.69) is 0 Å². The molecule has 0 aliphatic carbocycles. The van der Waals surface area contributed by atoms with Crippen LogP contribution in [0.1, 0.15) is 5.56 Å². The molecule has 0 aliphatic rings. The molecule has 0 atom stereocenters. The van der Waals surface area contributed by atoms with Crippen molar-refractivity contribution in [3.8, 4) is 0 Å². The lowest BCUT2D eigenvalue weighted by atomic mass is 10.2. The van der Waals surface area contributed by atoms with E-state index < -0.39 is 28.9 Å². The van der Waals surface area contributed by atoms with Crippen molar-refractivity contribution in [2.45, 2.75) is 0 Å². The molecular weight excluding hydrogens is 169 g/mol. The van der Waals surface area contributed by atoms with Crippen molar-refractivity contribution in [3.63, 3.8) is 0 Å². The largest absolute Gasteiger partial charge is 0.384 e. The van der Waals surface area contributed by atoms with E-state index in [0.29, 0.717) is 0 Å². The van der Waals surface area contributed by atoms with Gasteiger partial charge in [0.05, 0.1) is 5.56 Å². The summed E-state index contributed by atoms with van der Waals surface area (Å²) in [7, 11) is 0. The minimum atomic E-state index is -1.61. The molecule has 0 fully saturated rings. The third-order valence-electron chi connectivity index (χ3n) is 1.33. The van der Waals surface area contributed by atoms with Crippen LogP contribution < -0.4 is 5.73 Å². The van der Waals surface area contributed by atoms with Crippen molar-refractivity contribution in [2.75, 3.05) is 0 Å². The average Bonchev–Trinajstić information content (AvgIpc) is 2.00. The third-order valence-corrected chi connectivity index (χ3v) is 1.33. The van der Waals surface area contributed by atoms with Crippen LogP contribution in [0.25, 0.3) is 0 Å². The van der Waals surface area contributed by atoms with Crippen molar-refractivity contribution in [3.05, 3.63) is 35.1 Å². The lowest BCUT2D eigenvalue weighted by Crippen LogP contribution is -2.14. The van der Waals surface area contributed by atoms with E-state index in [-0.39, 0.29) is 0 Å². The summed E-state index contributed by atoms with van der Waals surface area (Å²) < 4.78 is 37.4. The Balaban J connectivity index is 3.36. The first-order chi connectivity index (χ1) is 5.54. The first-order valence-corrected chi connectivity index (χ1v) is 3.02. The summed E-state index contributed by atoms with van der Waals surface area (Å²) >= 11 is 0. The number of nitrogens with one attached hydrogen (secondary N) is 1. The Morgan fingerprint density at radius 2 is 1.75 bits per heavy atom. The van der Waals surface area contributed by atoms with Gasteiger partial charge in [-0.15, -0.1) is 0 Å². The van der Waals surface area contributed by atoms with Crippen LogP contribution in [0.2, 0.25) is 0 Å². The molecule has 0 spiro atoms. The van der Waals surface area contributed by atoms with Gasteiger partial charge in [0, 0.05) is 0 Å². The van der Waals surface area contributed by atoms with Gasteiger partial charge in [-0.05, 0) is 12.1 Å². The van der Waals surface area contributed by atoms with Gasteiger partial charge >= 0.3 is 0 Å². The molecule has 0 amide bonds. The molecule has 3 N–H and O–H groups in total. The lowest BCUT2D eigenvalue weighted by molar-refractivity contribution is 0.446. The smallest absolute Gasteiger partial charge is 0.195 e. The van der Waals surface area contributed by atoms with Crippen molar-refractivity contribution in [1.82, 2.24) is 0 Å². The fourth-order valence-electron chi connectivity index (χ4n) is 0.734. The second kappa shape index (κ2) is 2.84. The molecule has 0 radical (unpaired) electrons. The Hall–Kier alpha value is -1.52. The molecule has 12 heavy (non-hydrogen) atoms. The highest BCUT2D eigenvalue weighted by Gasteiger charge is 2.14. The average molecular weight is 174 g/mol. The van der Waals surface area contributed by atoms with Crippen LogP contribution in [-0.4, -0.2) is 5.84 Å². The third kappa shape index (κ3) is 1.25. The molecule has 0 heterocycles. The molecule has 1 aromatic rings. The number of nitrogen functional groups attached to an aromatic ring is 1. The Labute approximate surface area is 66.3 Å². The van der Waals surface area contributed by atoms with Crippen molar-refractivity contribution >= 4 is 5.84 Å². The predicted octanol–water partition coefficient (Wildman–Crippen LogP) is 1.39. The summed E-state index contributed by atoms with van der Waals surface area (Å²) in [6.07, 6.45) is 0. The fourth-order valence-corrected chi connectivity index (χ4v) is 0.734. The number of hydrogen-bond acceptors (Lipinski definition) is 1. The molecule has 0 aliphatic heterocycles. The van der Waals surface area contributed by atoms with Crippen molar-refractivity contribution in [2.24, 2.45) is 5.73 Å². The van der Waals surface area contributed by atoms with Crippen LogP contribution in [0.5, 0.6) is 0 Å². The van der Waals surface area contributed by atoms with Gasteiger partial charge in [0.2, 0.25) is 0 Å². The summed E-state index contributed by atoms with van der Waals surface area (Å²) in [6.45, 7) is 0. The maximum Gasteiger partial charge on any atom is 0.195 e. The molecule has 0 aromatic heterocycles. The van der Waals surface area contributed by atoms with E-state index >= 15 is 0 Å². The van der Waals surface area contributed by atoms with Gasteiger partial charge in [-0.3, -0.25) is 5.41 Å².